The molecule has 1 aromatic carbocycles. The summed E-state index contributed by atoms with van der Waals surface area (Å²) in [6, 6.07) is 3.64. The summed E-state index contributed by atoms with van der Waals surface area (Å²) in [5, 5.41) is 0. The Labute approximate surface area is 96.9 Å². The first-order valence-corrected chi connectivity index (χ1v) is 5.44. The summed E-state index contributed by atoms with van der Waals surface area (Å²) in [7, 11) is 0. The van der Waals surface area contributed by atoms with Crippen molar-refractivity contribution in [3.63, 3.8) is 0 Å². The molecular weight excluding hydrogens is 224 g/mol. The van der Waals surface area contributed by atoms with Gasteiger partial charge in [0.2, 0.25) is 0 Å². The van der Waals surface area contributed by atoms with Crippen molar-refractivity contribution >= 4 is 5.82 Å². The second-order valence-corrected chi connectivity index (χ2v) is 4.24. The molecule has 0 saturated heterocycles. The number of hydrogen-bond acceptors (Lipinski definition) is 2. The first kappa shape index (κ1) is 10.3. The summed E-state index contributed by atoms with van der Waals surface area (Å²) in [6.07, 6.45) is 3.71. The van der Waals surface area contributed by atoms with E-state index in [9.17, 15) is 8.78 Å². The molecule has 0 atom stereocenters. The Morgan fingerprint density at radius 2 is 2.06 bits per heavy atom. The van der Waals surface area contributed by atoms with Crippen LogP contribution in [-0.2, 0) is 0 Å². The zero-order chi connectivity index (χ0) is 12.0. The molecule has 3 rings (SSSR count). The number of nitrogens with two attached hydrogens (primary N) is 1. The van der Waals surface area contributed by atoms with Gasteiger partial charge < -0.3 is 10.3 Å². The van der Waals surface area contributed by atoms with Crippen molar-refractivity contribution in [2.75, 3.05) is 5.73 Å². The number of anilines is 1. The number of rotatable bonds is 2. The van der Waals surface area contributed by atoms with E-state index in [0.717, 1.165) is 31.0 Å². The van der Waals surface area contributed by atoms with Crippen molar-refractivity contribution in [2.24, 2.45) is 0 Å². The molecule has 1 aliphatic carbocycles. The molecule has 1 aliphatic rings. The molecular formula is C12H11F2N3. The van der Waals surface area contributed by atoms with Gasteiger partial charge in [-0.05, 0) is 31.0 Å². The minimum atomic E-state index is -0.515. The van der Waals surface area contributed by atoms with Crippen LogP contribution in [0.25, 0.3) is 11.3 Å². The molecule has 88 valence electrons. The number of nitrogens with zero attached hydrogens (tertiary/aromatic N) is 2. The fraction of sp³-hybridized carbons (Fsp3) is 0.250. The van der Waals surface area contributed by atoms with Crippen molar-refractivity contribution in [3.8, 4) is 11.3 Å². The number of hydrogen-bond donors (Lipinski definition) is 1. The SMILES string of the molecule is Nc1c(-c2cc(F)ccc2F)ncn1C1CC1. The van der Waals surface area contributed by atoms with E-state index in [1.165, 1.54) is 0 Å². The Morgan fingerprint density at radius 1 is 1.29 bits per heavy atom. The van der Waals surface area contributed by atoms with E-state index in [1.807, 2.05) is 4.57 Å². The van der Waals surface area contributed by atoms with Crippen LogP contribution in [0.5, 0.6) is 0 Å². The lowest BCUT2D eigenvalue weighted by atomic mass is 10.1. The van der Waals surface area contributed by atoms with Crippen molar-refractivity contribution in [3.05, 3.63) is 36.2 Å². The summed E-state index contributed by atoms with van der Waals surface area (Å²) >= 11 is 0. The lowest BCUT2D eigenvalue weighted by Gasteiger charge is -2.04. The molecule has 1 aromatic heterocycles. The second-order valence-electron chi connectivity index (χ2n) is 4.24. The summed E-state index contributed by atoms with van der Waals surface area (Å²) in [5.41, 5.74) is 6.33. The number of aromatic nitrogens is 2. The van der Waals surface area contributed by atoms with Crippen LogP contribution >= 0.6 is 0 Å². The number of nitrogen functional groups attached to an aromatic ring is 1. The van der Waals surface area contributed by atoms with Crippen LogP contribution < -0.4 is 5.73 Å². The maximum atomic E-state index is 13.6. The van der Waals surface area contributed by atoms with Crippen LogP contribution in [0.1, 0.15) is 18.9 Å². The van der Waals surface area contributed by atoms with Gasteiger partial charge in [-0.2, -0.15) is 0 Å². The highest BCUT2D eigenvalue weighted by atomic mass is 19.1. The van der Waals surface area contributed by atoms with Gasteiger partial charge in [0.15, 0.2) is 0 Å². The van der Waals surface area contributed by atoms with Crippen LogP contribution in [0, 0.1) is 11.6 Å². The van der Waals surface area contributed by atoms with Crippen molar-refractivity contribution in [1.82, 2.24) is 9.55 Å². The highest BCUT2D eigenvalue weighted by Gasteiger charge is 2.27. The Morgan fingerprint density at radius 3 is 2.76 bits per heavy atom. The zero-order valence-corrected chi connectivity index (χ0v) is 9.03. The molecule has 1 fully saturated rings. The molecule has 3 nitrogen and oxygen atoms in total. The van der Waals surface area contributed by atoms with E-state index >= 15 is 0 Å². The monoisotopic (exact) mass is 235 g/mol. The van der Waals surface area contributed by atoms with Gasteiger partial charge in [0.05, 0.1) is 6.33 Å². The van der Waals surface area contributed by atoms with Gasteiger partial charge in [0.25, 0.3) is 0 Å². The van der Waals surface area contributed by atoms with E-state index in [0.29, 0.717) is 17.6 Å². The smallest absolute Gasteiger partial charge is 0.132 e. The zero-order valence-electron chi connectivity index (χ0n) is 9.03. The van der Waals surface area contributed by atoms with Crippen LogP contribution in [0.3, 0.4) is 0 Å². The molecule has 0 radical (unpaired) electrons. The van der Waals surface area contributed by atoms with Crippen molar-refractivity contribution in [2.45, 2.75) is 18.9 Å². The topological polar surface area (TPSA) is 43.8 Å². The van der Waals surface area contributed by atoms with Crippen LogP contribution in [0.4, 0.5) is 14.6 Å². The third kappa shape index (κ3) is 1.67. The van der Waals surface area contributed by atoms with Crippen LogP contribution in [0.2, 0.25) is 0 Å². The molecule has 17 heavy (non-hydrogen) atoms. The molecule has 0 unspecified atom stereocenters. The predicted molar refractivity (Wildman–Crippen MR) is 60.3 cm³/mol. The summed E-state index contributed by atoms with van der Waals surface area (Å²) in [6.45, 7) is 0. The van der Waals surface area contributed by atoms with Gasteiger partial charge in [0, 0.05) is 11.6 Å². The molecule has 1 saturated carbocycles. The van der Waals surface area contributed by atoms with Crippen LogP contribution in [0.15, 0.2) is 24.5 Å². The highest BCUT2D eigenvalue weighted by molar-refractivity contribution is 5.71. The van der Waals surface area contributed by atoms with Gasteiger partial charge in [-0.15, -0.1) is 0 Å². The molecule has 0 aliphatic heterocycles. The first-order chi connectivity index (χ1) is 8.16. The number of benzene rings is 1. The quantitative estimate of drug-likeness (QED) is 0.869. The highest BCUT2D eigenvalue weighted by Crippen LogP contribution is 2.39. The fourth-order valence-corrected chi connectivity index (χ4v) is 1.90. The van der Waals surface area contributed by atoms with E-state index < -0.39 is 11.6 Å². The fourth-order valence-electron chi connectivity index (χ4n) is 1.90. The van der Waals surface area contributed by atoms with E-state index in [-0.39, 0.29) is 5.56 Å². The molecule has 0 bridgehead atoms. The third-order valence-corrected chi connectivity index (χ3v) is 2.96. The maximum Gasteiger partial charge on any atom is 0.132 e. The number of halogens is 2. The van der Waals surface area contributed by atoms with E-state index in [1.54, 1.807) is 6.33 Å². The predicted octanol–water partition coefficient (Wildman–Crippen LogP) is 2.75. The van der Waals surface area contributed by atoms with Gasteiger partial charge >= 0.3 is 0 Å². The lowest BCUT2D eigenvalue weighted by molar-refractivity contribution is 0.603. The van der Waals surface area contributed by atoms with Crippen molar-refractivity contribution in [1.29, 1.82) is 0 Å². The third-order valence-electron chi connectivity index (χ3n) is 2.96. The van der Waals surface area contributed by atoms with Gasteiger partial charge in [0.1, 0.15) is 23.1 Å². The average molecular weight is 235 g/mol. The standard InChI is InChI=1S/C12H11F2N3/c13-7-1-4-10(14)9(5-7)11-12(15)17(6-16-11)8-2-3-8/h1,4-6,8H,2-3,15H2. The minimum absolute atomic E-state index is 0.113. The van der Waals surface area contributed by atoms with Gasteiger partial charge in [-0.25, -0.2) is 13.8 Å². The van der Waals surface area contributed by atoms with Crippen molar-refractivity contribution < 1.29 is 8.78 Å². The van der Waals surface area contributed by atoms with Gasteiger partial charge in [-0.1, -0.05) is 0 Å². The molecule has 2 N–H and O–H groups in total. The molecule has 0 amide bonds. The van der Waals surface area contributed by atoms with E-state index in [2.05, 4.69) is 4.98 Å². The Bertz CT molecular complexity index is 573. The van der Waals surface area contributed by atoms with Crippen LogP contribution in [-0.4, -0.2) is 9.55 Å². The van der Waals surface area contributed by atoms with E-state index in [4.69, 9.17) is 5.73 Å². The molecule has 1 heterocycles. The minimum Gasteiger partial charge on any atom is -0.383 e. The summed E-state index contributed by atoms with van der Waals surface area (Å²) < 4.78 is 28.5. The Balaban J connectivity index is 2.11. The lowest BCUT2D eigenvalue weighted by Crippen LogP contribution is -2.00. The molecule has 5 heteroatoms. The van der Waals surface area contributed by atoms with Gasteiger partial charge in [-0.3, -0.25) is 0 Å². The normalized spacial score (nSPS) is 15.2. The molecule has 0 spiro atoms. The average Bonchev–Trinajstić information content (AvgIpc) is 3.07. The number of imidazole rings is 1. The Kier molecular flexibility index (Phi) is 2.14. The first-order valence-electron chi connectivity index (χ1n) is 5.44. The summed E-state index contributed by atoms with van der Waals surface area (Å²) in [4.78, 5) is 4.08. The summed E-state index contributed by atoms with van der Waals surface area (Å²) in [5.74, 6) is -0.613. The Hall–Kier alpha value is -1.91. The maximum absolute atomic E-state index is 13.6. The molecule has 2 aromatic rings. The second kappa shape index (κ2) is 3.55. The largest absolute Gasteiger partial charge is 0.383 e.